The Bertz CT molecular complexity index is 395. The van der Waals surface area contributed by atoms with Crippen molar-refractivity contribution in [1.82, 2.24) is 4.90 Å². The van der Waals surface area contributed by atoms with Crippen molar-refractivity contribution >= 4 is 5.69 Å². The second kappa shape index (κ2) is 6.01. The fourth-order valence-corrected chi connectivity index (χ4v) is 1.57. The van der Waals surface area contributed by atoms with Gasteiger partial charge in [-0.25, -0.2) is 4.39 Å². The van der Waals surface area contributed by atoms with Gasteiger partial charge in [-0.15, -0.1) is 0 Å². The maximum atomic E-state index is 13.5. The maximum Gasteiger partial charge on any atom is 0.401 e. The van der Waals surface area contributed by atoms with Crippen molar-refractivity contribution in [3.63, 3.8) is 0 Å². The summed E-state index contributed by atoms with van der Waals surface area (Å²) >= 11 is 0. The largest absolute Gasteiger partial charge is 0.401 e. The highest BCUT2D eigenvalue weighted by atomic mass is 19.4. The molecule has 0 saturated heterocycles. The van der Waals surface area contributed by atoms with Crippen molar-refractivity contribution in [2.45, 2.75) is 12.7 Å². The predicted molar refractivity (Wildman–Crippen MR) is 59.2 cm³/mol. The lowest BCUT2D eigenvalue weighted by molar-refractivity contribution is -0.148. The predicted octanol–water partition coefficient (Wildman–Crippen LogP) is 1.76. The van der Waals surface area contributed by atoms with E-state index in [2.05, 4.69) is 0 Å². The number of nitrogens with two attached hydrogens (primary N) is 1. The minimum Gasteiger partial charge on any atom is -0.396 e. The van der Waals surface area contributed by atoms with Crippen LogP contribution in [0, 0.1) is 5.82 Å². The summed E-state index contributed by atoms with van der Waals surface area (Å²) in [6.45, 7) is -2.08. The van der Waals surface area contributed by atoms with Crippen LogP contribution in [0.4, 0.5) is 23.2 Å². The van der Waals surface area contributed by atoms with Gasteiger partial charge in [-0.3, -0.25) is 4.90 Å². The molecule has 0 aliphatic heterocycles. The molecule has 0 unspecified atom stereocenters. The average molecular weight is 266 g/mol. The fraction of sp³-hybridized carbons (Fsp3) is 0.455. The molecule has 0 amide bonds. The van der Waals surface area contributed by atoms with Crippen LogP contribution in [-0.4, -0.2) is 35.9 Å². The number of rotatable bonds is 5. The van der Waals surface area contributed by atoms with Gasteiger partial charge in [-0.05, 0) is 6.07 Å². The first kappa shape index (κ1) is 14.7. The van der Waals surface area contributed by atoms with Gasteiger partial charge in [0, 0.05) is 18.7 Å². The number of anilines is 1. The number of benzene rings is 1. The van der Waals surface area contributed by atoms with E-state index in [1.165, 1.54) is 18.2 Å². The highest BCUT2D eigenvalue weighted by molar-refractivity contribution is 5.42. The quantitative estimate of drug-likeness (QED) is 0.630. The van der Waals surface area contributed by atoms with E-state index in [0.29, 0.717) is 0 Å². The Kier molecular flexibility index (Phi) is 4.92. The van der Waals surface area contributed by atoms with Crippen molar-refractivity contribution in [1.29, 1.82) is 0 Å². The van der Waals surface area contributed by atoms with Gasteiger partial charge in [0.25, 0.3) is 0 Å². The van der Waals surface area contributed by atoms with Crippen LogP contribution in [0.3, 0.4) is 0 Å². The van der Waals surface area contributed by atoms with Crippen LogP contribution in [0.5, 0.6) is 0 Å². The molecule has 102 valence electrons. The second-order valence-electron chi connectivity index (χ2n) is 3.87. The van der Waals surface area contributed by atoms with E-state index in [4.69, 9.17) is 10.8 Å². The number of nitrogens with zero attached hydrogens (tertiary/aromatic N) is 1. The van der Waals surface area contributed by atoms with E-state index in [9.17, 15) is 17.6 Å². The number of hydrogen-bond acceptors (Lipinski definition) is 3. The Balaban J connectivity index is 2.80. The number of aliphatic hydroxyl groups excluding tert-OH is 1. The van der Waals surface area contributed by atoms with Gasteiger partial charge >= 0.3 is 6.18 Å². The molecule has 7 heteroatoms. The van der Waals surface area contributed by atoms with E-state index in [1.54, 1.807) is 0 Å². The van der Waals surface area contributed by atoms with Crippen LogP contribution in [0.25, 0.3) is 0 Å². The summed E-state index contributed by atoms with van der Waals surface area (Å²) in [7, 11) is 0. The third-order valence-corrected chi connectivity index (χ3v) is 2.32. The maximum absolute atomic E-state index is 13.5. The fourth-order valence-electron chi connectivity index (χ4n) is 1.57. The SMILES string of the molecule is Nc1cccc(CN(CCO)CC(F)(F)F)c1F. The highest BCUT2D eigenvalue weighted by Crippen LogP contribution is 2.20. The lowest BCUT2D eigenvalue weighted by Crippen LogP contribution is -2.36. The topological polar surface area (TPSA) is 49.5 Å². The number of aliphatic hydroxyl groups is 1. The number of nitrogen functional groups attached to an aromatic ring is 1. The number of alkyl halides is 3. The Morgan fingerprint density at radius 2 is 1.94 bits per heavy atom. The lowest BCUT2D eigenvalue weighted by atomic mass is 10.1. The molecule has 0 radical (unpaired) electrons. The van der Waals surface area contributed by atoms with Gasteiger partial charge in [-0.1, -0.05) is 12.1 Å². The lowest BCUT2D eigenvalue weighted by Gasteiger charge is -2.23. The monoisotopic (exact) mass is 266 g/mol. The van der Waals surface area contributed by atoms with E-state index in [1.807, 2.05) is 0 Å². The van der Waals surface area contributed by atoms with E-state index in [-0.39, 0.29) is 24.3 Å². The van der Waals surface area contributed by atoms with Crippen molar-refractivity contribution in [2.24, 2.45) is 0 Å². The van der Waals surface area contributed by atoms with Gasteiger partial charge in [0.1, 0.15) is 0 Å². The van der Waals surface area contributed by atoms with Crippen LogP contribution >= 0.6 is 0 Å². The van der Waals surface area contributed by atoms with E-state index >= 15 is 0 Å². The van der Waals surface area contributed by atoms with Gasteiger partial charge < -0.3 is 10.8 Å². The van der Waals surface area contributed by atoms with Crippen molar-refractivity contribution < 1.29 is 22.7 Å². The number of hydrogen-bond donors (Lipinski definition) is 2. The zero-order valence-electron chi connectivity index (χ0n) is 9.54. The summed E-state index contributed by atoms with van der Waals surface area (Å²) < 4.78 is 50.3. The van der Waals surface area contributed by atoms with Gasteiger partial charge in [0.2, 0.25) is 0 Å². The molecule has 0 spiro atoms. The first-order chi connectivity index (χ1) is 8.33. The smallest absolute Gasteiger partial charge is 0.396 e. The Hall–Kier alpha value is -1.34. The Morgan fingerprint density at radius 1 is 1.28 bits per heavy atom. The molecule has 3 nitrogen and oxygen atoms in total. The molecule has 0 saturated carbocycles. The van der Waals surface area contributed by atoms with Crippen molar-refractivity contribution in [2.75, 3.05) is 25.4 Å². The molecule has 3 N–H and O–H groups in total. The van der Waals surface area contributed by atoms with Crippen LogP contribution in [0.15, 0.2) is 18.2 Å². The highest BCUT2D eigenvalue weighted by Gasteiger charge is 2.30. The molecule has 1 aromatic rings. The molecule has 0 heterocycles. The minimum atomic E-state index is -4.40. The van der Waals surface area contributed by atoms with Crippen LogP contribution in [-0.2, 0) is 6.54 Å². The summed E-state index contributed by atoms with van der Waals surface area (Å²) in [4.78, 5) is 0.915. The zero-order chi connectivity index (χ0) is 13.8. The summed E-state index contributed by atoms with van der Waals surface area (Å²) in [6.07, 6.45) is -4.40. The summed E-state index contributed by atoms with van der Waals surface area (Å²) in [5, 5.41) is 8.71. The standard InChI is InChI=1S/C11H14F4N2O/c12-10-8(2-1-3-9(10)16)6-17(4-5-18)7-11(13,14)15/h1-3,18H,4-7,16H2. The van der Waals surface area contributed by atoms with Crippen LogP contribution in [0.1, 0.15) is 5.56 Å². The first-order valence-corrected chi connectivity index (χ1v) is 5.26. The summed E-state index contributed by atoms with van der Waals surface area (Å²) in [5.41, 5.74) is 5.30. The second-order valence-corrected chi connectivity index (χ2v) is 3.87. The van der Waals surface area contributed by atoms with Crippen LogP contribution in [0.2, 0.25) is 0 Å². The third kappa shape index (κ3) is 4.50. The van der Waals surface area contributed by atoms with E-state index in [0.717, 1.165) is 4.90 Å². The van der Waals surface area contributed by atoms with Crippen molar-refractivity contribution in [3.8, 4) is 0 Å². The van der Waals surface area contributed by atoms with Gasteiger partial charge in [0.05, 0.1) is 18.8 Å². The molecule has 0 aromatic heterocycles. The molecular formula is C11H14F4N2O. The Morgan fingerprint density at radius 3 is 2.50 bits per heavy atom. The molecule has 0 aliphatic rings. The third-order valence-electron chi connectivity index (χ3n) is 2.32. The molecule has 0 atom stereocenters. The molecule has 0 bridgehead atoms. The number of halogens is 4. The van der Waals surface area contributed by atoms with E-state index < -0.39 is 25.1 Å². The molecule has 0 fully saturated rings. The van der Waals surface area contributed by atoms with Crippen LogP contribution < -0.4 is 5.73 Å². The molecule has 0 aliphatic carbocycles. The van der Waals surface area contributed by atoms with Crippen molar-refractivity contribution in [3.05, 3.63) is 29.6 Å². The molecule has 18 heavy (non-hydrogen) atoms. The summed E-state index contributed by atoms with van der Waals surface area (Å²) in [6, 6.07) is 4.17. The zero-order valence-corrected chi connectivity index (χ0v) is 9.54. The molecular weight excluding hydrogens is 252 g/mol. The Labute approximate surface area is 102 Å². The minimum absolute atomic E-state index is 0.0766. The normalized spacial score (nSPS) is 12.1. The average Bonchev–Trinajstić information content (AvgIpc) is 2.23. The van der Waals surface area contributed by atoms with Gasteiger partial charge in [0.15, 0.2) is 5.82 Å². The first-order valence-electron chi connectivity index (χ1n) is 5.26. The molecule has 1 rings (SSSR count). The van der Waals surface area contributed by atoms with Gasteiger partial charge in [-0.2, -0.15) is 13.2 Å². The molecule has 1 aromatic carbocycles. The summed E-state index contributed by atoms with van der Waals surface area (Å²) in [5.74, 6) is -0.720.